The summed E-state index contributed by atoms with van der Waals surface area (Å²) in [7, 11) is 0. The van der Waals surface area contributed by atoms with Gasteiger partial charge in [-0.25, -0.2) is 0 Å². The lowest BCUT2D eigenvalue weighted by Crippen LogP contribution is -2.63. The summed E-state index contributed by atoms with van der Waals surface area (Å²) in [6.45, 7) is 10.3. The van der Waals surface area contributed by atoms with Crippen molar-refractivity contribution in [2.45, 2.75) is 58.2 Å². The van der Waals surface area contributed by atoms with Crippen molar-refractivity contribution in [1.29, 1.82) is 0 Å². The van der Waals surface area contributed by atoms with Crippen LogP contribution < -0.4 is 5.32 Å². The zero-order chi connectivity index (χ0) is 13.9. The van der Waals surface area contributed by atoms with Crippen LogP contribution in [0.2, 0.25) is 0 Å². The summed E-state index contributed by atoms with van der Waals surface area (Å²) in [5.74, 6) is 0. The first kappa shape index (κ1) is 15.5. The highest BCUT2D eigenvalue weighted by Crippen LogP contribution is 2.28. The average Bonchev–Trinajstić information content (AvgIpc) is 2.84. The third-order valence-electron chi connectivity index (χ3n) is 4.55. The maximum atomic E-state index is 3.81. The van der Waals surface area contributed by atoms with Gasteiger partial charge in [0.15, 0.2) is 0 Å². The van der Waals surface area contributed by atoms with E-state index in [1.54, 1.807) is 0 Å². The number of rotatable bonds is 5. The molecule has 0 spiro atoms. The van der Waals surface area contributed by atoms with E-state index in [0.717, 1.165) is 13.1 Å². The molecule has 1 atom stereocenters. The largest absolute Gasteiger partial charge is 0.308 e. The van der Waals surface area contributed by atoms with Crippen LogP contribution in [0.3, 0.4) is 0 Å². The molecule has 1 N–H and O–H groups in total. The van der Waals surface area contributed by atoms with Gasteiger partial charge in [0.2, 0.25) is 0 Å². The van der Waals surface area contributed by atoms with Gasteiger partial charge in [-0.1, -0.05) is 20.8 Å². The van der Waals surface area contributed by atoms with Crippen LogP contribution in [0.5, 0.6) is 0 Å². The van der Waals surface area contributed by atoms with Crippen LogP contribution in [0.4, 0.5) is 0 Å². The molecule has 1 aromatic rings. The molecule has 1 fully saturated rings. The van der Waals surface area contributed by atoms with Gasteiger partial charge in [-0.15, -0.1) is 11.3 Å². The second-order valence-corrected chi connectivity index (χ2v) is 8.09. The molecule has 2 heterocycles. The molecule has 0 bridgehead atoms. The second-order valence-electron chi connectivity index (χ2n) is 5.54. The van der Waals surface area contributed by atoms with E-state index in [4.69, 9.17) is 0 Å². The van der Waals surface area contributed by atoms with Crippen molar-refractivity contribution in [1.82, 2.24) is 10.2 Å². The number of thiophene rings is 1. The molecule has 4 heteroatoms. The maximum absolute atomic E-state index is 3.81. The lowest BCUT2D eigenvalue weighted by Gasteiger charge is -2.47. The number of hydrogen-bond donors (Lipinski definition) is 1. The molecule has 0 radical (unpaired) electrons. The van der Waals surface area contributed by atoms with Crippen LogP contribution in [-0.4, -0.2) is 29.6 Å². The van der Waals surface area contributed by atoms with Crippen LogP contribution >= 0.6 is 27.3 Å². The van der Waals surface area contributed by atoms with Crippen molar-refractivity contribution in [2.75, 3.05) is 13.1 Å². The van der Waals surface area contributed by atoms with Crippen LogP contribution in [0, 0.1) is 0 Å². The SMILES string of the molecule is CCC1CNC(CC)(CC)CN1Cc1ccc(Br)s1. The first-order chi connectivity index (χ1) is 9.12. The van der Waals surface area contributed by atoms with E-state index >= 15 is 0 Å². The number of nitrogens with one attached hydrogen (secondary N) is 1. The normalized spacial score (nSPS) is 23.7. The van der Waals surface area contributed by atoms with Gasteiger partial charge in [-0.05, 0) is 47.3 Å². The van der Waals surface area contributed by atoms with E-state index in [1.165, 1.54) is 34.5 Å². The van der Waals surface area contributed by atoms with Crippen molar-refractivity contribution in [2.24, 2.45) is 0 Å². The summed E-state index contributed by atoms with van der Waals surface area (Å²) >= 11 is 5.43. The highest BCUT2D eigenvalue weighted by atomic mass is 79.9. The Labute approximate surface area is 129 Å². The molecule has 1 aliphatic rings. The molecule has 2 rings (SSSR count). The quantitative estimate of drug-likeness (QED) is 0.858. The highest BCUT2D eigenvalue weighted by molar-refractivity contribution is 9.11. The van der Waals surface area contributed by atoms with Gasteiger partial charge in [0.1, 0.15) is 0 Å². The summed E-state index contributed by atoms with van der Waals surface area (Å²) in [5, 5.41) is 3.81. The topological polar surface area (TPSA) is 15.3 Å². The molecule has 1 unspecified atom stereocenters. The molecule has 2 nitrogen and oxygen atoms in total. The monoisotopic (exact) mass is 344 g/mol. The van der Waals surface area contributed by atoms with Gasteiger partial charge in [-0.2, -0.15) is 0 Å². The molecule has 0 saturated carbocycles. The lowest BCUT2D eigenvalue weighted by atomic mass is 9.88. The minimum absolute atomic E-state index is 0.320. The number of piperazine rings is 1. The highest BCUT2D eigenvalue weighted by Gasteiger charge is 2.35. The van der Waals surface area contributed by atoms with Gasteiger partial charge in [0, 0.05) is 36.1 Å². The van der Waals surface area contributed by atoms with Crippen LogP contribution in [0.25, 0.3) is 0 Å². The lowest BCUT2D eigenvalue weighted by molar-refractivity contribution is 0.0651. The predicted molar refractivity (Wildman–Crippen MR) is 87.8 cm³/mol. The standard InChI is InChI=1S/C15H25BrN2S/c1-4-12-9-17-15(5-2,6-3)11-18(12)10-13-7-8-14(16)19-13/h7-8,12,17H,4-6,9-11H2,1-3H3. The van der Waals surface area contributed by atoms with Gasteiger partial charge in [0.05, 0.1) is 3.79 Å². The Morgan fingerprint density at radius 3 is 2.63 bits per heavy atom. The number of hydrogen-bond acceptors (Lipinski definition) is 3. The average molecular weight is 345 g/mol. The summed E-state index contributed by atoms with van der Waals surface area (Å²) in [5.41, 5.74) is 0.320. The van der Waals surface area contributed by atoms with Crippen molar-refractivity contribution in [3.8, 4) is 0 Å². The Morgan fingerprint density at radius 1 is 1.37 bits per heavy atom. The minimum atomic E-state index is 0.320. The molecule has 0 aliphatic carbocycles. The van der Waals surface area contributed by atoms with Crippen molar-refractivity contribution >= 4 is 27.3 Å². The van der Waals surface area contributed by atoms with E-state index in [-0.39, 0.29) is 0 Å². The molecule has 0 amide bonds. The fourth-order valence-electron chi connectivity index (χ4n) is 2.99. The first-order valence-corrected chi connectivity index (χ1v) is 8.96. The molecule has 1 saturated heterocycles. The Kier molecular flexibility index (Phi) is 5.46. The molecule has 0 aromatic carbocycles. The van der Waals surface area contributed by atoms with E-state index in [9.17, 15) is 0 Å². The van der Waals surface area contributed by atoms with Gasteiger partial charge in [-0.3, -0.25) is 4.90 Å². The van der Waals surface area contributed by atoms with E-state index in [0.29, 0.717) is 11.6 Å². The maximum Gasteiger partial charge on any atom is 0.0701 e. The van der Waals surface area contributed by atoms with Gasteiger partial charge >= 0.3 is 0 Å². The second kappa shape index (κ2) is 6.70. The van der Waals surface area contributed by atoms with Gasteiger partial charge < -0.3 is 5.32 Å². The van der Waals surface area contributed by atoms with Crippen LogP contribution in [0.1, 0.15) is 44.9 Å². The molecule has 1 aliphatic heterocycles. The van der Waals surface area contributed by atoms with Crippen molar-refractivity contribution in [3.63, 3.8) is 0 Å². The van der Waals surface area contributed by atoms with E-state index in [1.807, 2.05) is 11.3 Å². The van der Waals surface area contributed by atoms with E-state index in [2.05, 4.69) is 59.1 Å². The third kappa shape index (κ3) is 3.60. The Morgan fingerprint density at radius 2 is 2.11 bits per heavy atom. The zero-order valence-electron chi connectivity index (χ0n) is 12.2. The summed E-state index contributed by atoms with van der Waals surface area (Å²) in [6, 6.07) is 5.09. The third-order valence-corrected chi connectivity index (χ3v) is 6.16. The van der Waals surface area contributed by atoms with Crippen LogP contribution in [0.15, 0.2) is 15.9 Å². The molecule has 19 heavy (non-hydrogen) atoms. The molecule has 1 aromatic heterocycles. The smallest absolute Gasteiger partial charge is 0.0701 e. The fourth-order valence-corrected chi connectivity index (χ4v) is 4.49. The molecule has 108 valence electrons. The van der Waals surface area contributed by atoms with Crippen LogP contribution in [-0.2, 0) is 6.54 Å². The predicted octanol–water partition coefficient (Wildman–Crippen LogP) is 4.25. The first-order valence-electron chi connectivity index (χ1n) is 7.35. The van der Waals surface area contributed by atoms with E-state index < -0.39 is 0 Å². The Bertz CT molecular complexity index is 401. The number of nitrogens with zero attached hydrogens (tertiary/aromatic N) is 1. The summed E-state index contributed by atoms with van der Waals surface area (Å²) in [4.78, 5) is 4.15. The minimum Gasteiger partial charge on any atom is -0.308 e. The summed E-state index contributed by atoms with van der Waals surface area (Å²) in [6.07, 6.45) is 3.65. The Hall–Kier alpha value is 0.1000. The number of halogens is 1. The van der Waals surface area contributed by atoms with Gasteiger partial charge in [0.25, 0.3) is 0 Å². The summed E-state index contributed by atoms with van der Waals surface area (Å²) < 4.78 is 1.24. The molecular weight excluding hydrogens is 320 g/mol. The Balaban J connectivity index is 2.09. The zero-order valence-corrected chi connectivity index (χ0v) is 14.6. The van der Waals surface area contributed by atoms with Crippen molar-refractivity contribution < 1.29 is 0 Å². The van der Waals surface area contributed by atoms with Crippen molar-refractivity contribution in [3.05, 3.63) is 20.8 Å². The molecular formula is C15H25BrN2S. The fraction of sp³-hybridized carbons (Fsp3) is 0.733.